The maximum absolute atomic E-state index is 12.6. The summed E-state index contributed by atoms with van der Waals surface area (Å²) in [5.74, 6) is 0.550. The maximum atomic E-state index is 12.6. The number of amides is 1. The number of fused-ring (bicyclic) bond motifs is 1. The molecular weight excluding hydrogens is 304 g/mol. The summed E-state index contributed by atoms with van der Waals surface area (Å²) in [5.41, 5.74) is 2.89. The third-order valence-corrected chi connectivity index (χ3v) is 4.51. The Kier molecular flexibility index (Phi) is 4.13. The number of aryl methyl sites for hydroxylation is 1. The summed E-state index contributed by atoms with van der Waals surface area (Å²) in [6.07, 6.45) is 3.80. The molecule has 4 rings (SSSR count). The number of ether oxygens (including phenoxy) is 1. The number of nitrogens with zero attached hydrogens (tertiary/aromatic N) is 4. The van der Waals surface area contributed by atoms with Gasteiger partial charge < -0.3 is 14.5 Å². The first-order chi connectivity index (χ1) is 11.8. The molecule has 1 aromatic carbocycles. The fraction of sp³-hybridized carbons (Fsp3) is 0.389. The molecule has 1 saturated heterocycles. The van der Waals surface area contributed by atoms with Crippen LogP contribution in [0, 0.1) is 0 Å². The van der Waals surface area contributed by atoms with Gasteiger partial charge >= 0.3 is 0 Å². The van der Waals surface area contributed by atoms with Crippen LogP contribution in [-0.2, 0) is 11.2 Å². The molecule has 6 heteroatoms. The van der Waals surface area contributed by atoms with Crippen molar-refractivity contribution in [3.63, 3.8) is 0 Å². The number of hydrogen-bond acceptors (Lipinski definition) is 5. The number of aromatic nitrogens is 2. The maximum Gasteiger partial charge on any atom is 0.272 e. The molecule has 2 aliphatic rings. The van der Waals surface area contributed by atoms with Crippen LogP contribution in [0.3, 0.4) is 0 Å². The van der Waals surface area contributed by atoms with Crippen LogP contribution in [0.25, 0.3) is 0 Å². The first kappa shape index (κ1) is 15.1. The molecule has 3 heterocycles. The normalized spacial score (nSPS) is 17.5. The molecule has 0 unspecified atom stereocenters. The number of rotatable bonds is 2. The van der Waals surface area contributed by atoms with Gasteiger partial charge in [0, 0.05) is 31.5 Å². The predicted octanol–water partition coefficient (Wildman–Crippen LogP) is 2.03. The zero-order valence-corrected chi connectivity index (χ0v) is 13.5. The number of para-hydroxylation sites is 1. The van der Waals surface area contributed by atoms with Gasteiger partial charge in [-0.2, -0.15) is 0 Å². The van der Waals surface area contributed by atoms with Crippen molar-refractivity contribution >= 4 is 17.5 Å². The molecule has 0 radical (unpaired) electrons. The van der Waals surface area contributed by atoms with E-state index in [4.69, 9.17) is 4.74 Å². The molecule has 0 saturated carbocycles. The van der Waals surface area contributed by atoms with E-state index in [-0.39, 0.29) is 5.91 Å². The Labute approximate surface area is 141 Å². The minimum atomic E-state index is -0.0488. The largest absolute Gasteiger partial charge is 0.378 e. The highest BCUT2D eigenvalue weighted by molar-refractivity contribution is 5.92. The highest BCUT2D eigenvalue weighted by atomic mass is 16.5. The molecule has 1 fully saturated rings. The minimum absolute atomic E-state index is 0.0488. The average molecular weight is 324 g/mol. The van der Waals surface area contributed by atoms with Gasteiger partial charge in [-0.25, -0.2) is 9.97 Å². The number of hydrogen-bond donors (Lipinski definition) is 0. The number of carbonyl (C=O) groups excluding carboxylic acids is 1. The van der Waals surface area contributed by atoms with Crippen LogP contribution in [0.5, 0.6) is 0 Å². The lowest BCUT2D eigenvalue weighted by molar-refractivity contribution is 0.0299. The van der Waals surface area contributed by atoms with Crippen molar-refractivity contribution in [3.8, 4) is 0 Å². The van der Waals surface area contributed by atoms with Gasteiger partial charge in [0.05, 0.1) is 13.2 Å². The topological polar surface area (TPSA) is 58.6 Å². The van der Waals surface area contributed by atoms with E-state index in [1.807, 2.05) is 6.07 Å². The van der Waals surface area contributed by atoms with E-state index in [0.29, 0.717) is 37.9 Å². The van der Waals surface area contributed by atoms with Crippen LogP contribution < -0.4 is 4.90 Å². The fourth-order valence-electron chi connectivity index (χ4n) is 3.27. The van der Waals surface area contributed by atoms with Gasteiger partial charge in [-0.1, -0.05) is 18.2 Å². The van der Waals surface area contributed by atoms with E-state index >= 15 is 0 Å². The molecule has 0 atom stereocenters. The fourth-order valence-corrected chi connectivity index (χ4v) is 3.27. The van der Waals surface area contributed by atoms with E-state index in [9.17, 15) is 4.79 Å². The molecule has 0 spiro atoms. The van der Waals surface area contributed by atoms with Crippen molar-refractivity contribution in [2.75, 3.05) is 37.7 Å². The van der Waals surface area contributed by atoms with E-state index in [1.165, 1.54) is 5.56 Å². The first-order valence-electron chi connectivity index (χ1n) is 8.38. The zero-order valence-electron chi connectivity index (χ0n) is 13.5. The number of carbonyl (C=O) groups is 1. The van der Waals surface area contributed by atoms with Crippen LogP contribution in [0.1, 0.15) is 22.5 Å². The Bertz CT molecular complexity index is 743. The summed E-state index contributed by atoms with van der Waals surface area (Å²) in [5, 5.41) is 0. The lowest BCUT2D eigenvalue weighted by Gasteiger charge is -2.30. The Morgan fingerprint density at radius 2 is 1.92 bits per heavy atom. The van der Waals surface area contributed by atoms with Crippen molar-refractivity contribution in [3.05, 3.63) is 47.8 Å². The summed E-state index contributed by atoms with van der Waals surface area (Å²) >= 11 is 0. The molecule has 0 N–H and O–H groups in total. The molecule has 2 aliphatic heterocycles. The second-order valence-corrected chi connectivity index (χ2v) is 6.03. The van der Waals surface area contributed by atoms with Gasteiger partial charge in [0.15, 0.2) is 0 Å². The Balaban J connectivity index is 1.62. The molecule has 1 amide bonds. The molecule has 1 aromatic heterocycles. The van der Waals surface area contributed by atoms with Crippen LogP contribution in [0.4, 0.5) is 11.6 Å². The van der Waals surface area contributed by atoms with Gasteiger partial charge in [0.2, 0.25) is 5.95 Å². The van der Waals surface area contributed by atoms with Crippen molar-refractivity contribution < 1.29 is 9.53 Å². The molecule has 2 aromatic rings. The SMILES string of the molecule is O=C(c1ccnc(N2CCCc3ccccc32)n1)N1CCOCC1. The third-order valence-electron chi connectivity index (χ3n) is 4.51. The van der Waals surface area contributed by atoms with E-state index in [1.54, 1.807) is 17.2 Å². The van der Waals surface area contributed by atoms with Crippen LogP contribution in [0.15, 0.2) is 36.5 Å². The van der Waals surface area contributed by atoms with Crippen molar-refractivity contribution in [2.24, 2.45) is 0 Å². The zero-order chi connectivity index (χ0) is 16.4. The summed E-state index contributed by atoms with van der Waals surface area (Å²) in [7, 11) is 0. The molecule has 6 nitrogen and oxygen atoms in total. The monoisotopic (exact) mass is 324 g/mol. The smallest absolute Gasteiger partial charge is 0.272 e. The molecule has 24 heavy (non-hydrogen) atoms. The second kappa shape index (κ2) is 6.57. The van der Waals surface area contributed by atoms with Gasteiger partial charge in [-0.3, -0.25) is 4.79 Å². The van der Waals surface area contributed by atoms with E-state index < -0.39 is 0 Å². The lowest BCUT2D eigenvalue weighted by atomic mass is 10.0. The highest BCUT2D eigenvalue weighted by Gasteiger charge is 2.23. The Hall–Kier alpha value is -2.47. The average Bonchev–Trinajstić information content (AvgIpc) is 2.68. The third kappa shape index (κ3) is 2.85. The van der Waals surface area contributed by atoms with Gasteiger partial charge in [-0.15, -0.1) is 0 Å². The van der Waals surface area contributed by atoms with Crippen LogP contribution >= 0.6 is 0 Å². The van der Waals surface area contributed by atoms with Crippen LogP contribution in [0.2, 0.25) is 0 Å². The van der Waals surface area contributed by atoms with Crippen molar-refractivity contribution in [1.82, 2.24) is 14.9 Å². The molecule has 124 valence electrons. The molecule has 0 aliphatic carbocycles. The van der Waals surface area contributed by atoms with Gasteiger partial charge in [0.25, 0.3) is 5.91 Å². The van der Waals surface area contributed by atoms with Crippen LogP contribution in [-0.4, -0.2) is 53.6 Å². The van der Waals surface area contributed by atoms with E-state index in [2.05, 4.69) is 33.1 Å². The summed E-state index contributed by atoms with van der Waals surface area (Å²) in [6.45, 7) is 3.27. The second-order valence-electron chi connectivity index (χ2n) is 6.03. The van der Waals surface area contributed by atoms with Gasteiger partial charge in [0.1, 0.15) is 5.69 Å². The van der Waals surface area contributed by atoms with E-state index in [0.717, 1.165) is 25.1 Å². The Morgan fingerprint density at radius 1 is 1.08 bits per heavy atom. The van der Waals surface area contributed by atoms with Gasteiger partial charge in [-0.05, 0) is 30.5 Å². The minimum Gasteiger partial charge on any atom is -0.378 e. The summed E-state index contributed by atoms with van der Waals surface area (Å²) in [6, 6.07) is 10.0. The predicted molar refractivity (Wildman–Crippen MR) is 90.5 cm³/mol. The number of morpholine rings is 1. The highest BCUT2D eigenvalue weighted by Crippen LogP contribution is 2.31. The van der Waals surface area contributed by atoms with Crippen molar-refractivity contribution in [1.29, 1.82) is 0 Å². The molecule has 0 bridgehead atoms. The Morgan fingerprint density at radius 3 is 2.79 bits per heavy atom. The molecular formula is C18H20N4O2. The first-order valence-corrected chi connectivity index (χ1v) is 8.38. The number of benzene rings is 1. The number of anilines is 2. The van der Waals surface area contributed by atoms with Crippen molar-refractivity contribution in [2.45, 2.75) is 12.8 Å². The quantitative estimate of drug-likeness (QED) is 0.846. The summed E-state index contributed by atoms with van der Waals surface area (Å²) in [4.78, 5) is 25.5. The summed E-state index contributed by atoms with van der Waals surface area (Å²) < 4.78 is 5.31. The standard InChI is InChI=1S/C18H20N4O2/c23-17(21-10-12-24-13-11-21)15-7-8-19-18(20-15)22-9-3-5-14-4-1-2-6-16(14)22/h1-2,4,6-8H,3,5,9-13H2. The lowest BCUT2D eigenvalue weighted by Crippen LogP contribution is -2.41.